The third-order valence-corrected chi connectivity index (χ3v) is 14.1. The van der Waals surface area contributed by atoms with Gasteiger partial charge in [0, 0.05) is 63.7 Å². The maximum Gasteiger partial charge on any atom is 0.339 e. The van der Waals surface area contributed by atoms with Crippen LogP contribution in [0.15, 0.2) is 143 Å². The number of methoxy groups -OCH3 is 2. The lowest BCUT2D eigenvalue weighted by atomic mass is 10.00. The van der Waals surface area contributed by atoms with Crippen molar-refractivity contribution in [3.63, 3.8) is 0 Å². The predicted molar refractivity (Wildman–Crippen MR) is 259 cm³/mol. The van der Waals surface area contributed by atoms with Gasteiger partial charge in [-0.2, -0.15) is 0 Å². The van der Waals surface area contributed by atoms with Crippen LogP contribution in [0.5, 0.6) is 0 Å². The van der Waals surface area contributed by atoms with Gasteiger partial charge in [-0.05, 0) is 101 Å². The first-order chi connectivity index (χ1) is 31.9. The molecule has 13 nitrogen and oxygen atoms in total. The lowest BCUT2D eigenvalue weighted by Gasteiger charge is -2.31. The molecule has 0 atom stereocenters. The highest BCUT2D eigenvalue weighted by Gasteiger charge is 2.27. The summed E-state index contributed by atoms with van der Waals surface area (Å²) in [5.74, 6) is -1.96. The molecule has 67 heavy (non-hydrogen) atoms. The van der Waals surface area contributed by atoms with Gasteiger partial charge in [0.1, 0.15) is 0 Å². The number of amides is 2. The highest BCUT2D eigenvalue weighted by molar-refractivity contribution is 8.13. The van der Waals surface area contributed by atoms with E-state index in [9.17, 15) is 36.0 Å². The van der Waals surface area contributed by atoms with E-state index in [1.807, 2.05) is 66.7 Å². The van der Waals surface area contributed by atoms with Gasteiger partial charge < -0.3 is 25.0 Å². The second-order valence-corrected chi connectivity index (χ2v) is 20.7. The minimum atomic E-state index is -3.93. The van der Waals surface area contributed by atoms with Crippen LogP contribution < -0.4 is 5.73 Å². The van der Waals surface area contributed by atoms with Crippen molar-refractivity contribution in [2.24, 2.45) is 0 Å². The van der Waals surface area contributed by atoms with Gasteiger partial charge in [-0.25, -0.2) is 26.4 Å². The fourth-order valence-electron chi connectivity index (χ4n) is 6.89. The fraction of sp³-hybridized carbons (Fsp3) is 0.184. The summed E-state index contributed by atoms with van der Waals surface area (Å²) in [6.45, 7) is 2.66. The molecule has 0 spiro atoms. The summed E-state index contributed by atoms with van der Waals surface area (Å²) in [5.41, 5.74) is 11.3. The largest absolute Gasteiger partial charge is 0.465 e. The van der Waals surface area contributed by atoms with E-state index < -0.39 is 36.6 Å². The number of carbonyl (C=O) groups excluding carboxylic acids is 4. The van der Waals surface area contributed by atoms with Gasteiger partial charge in [-0.15, -0.1) is 0 Å². The molecule has 0 unspecified atom stereocenters. The van der Waals surface area contributed by atoms with Crippen LogP contribution in [0.3, 0.4) is 0 Å². The third kappa shape index (κ3) is 12.8. The number of nitrogens with two attached hydrogens (primary N) is 1. The quantitative estimate of drug-likeness (QED) is 0.0782. The average Bonchev–Trinajstić information content (AvgIpc) is 3.27. The van der Waals surface area contributed by atoms with Gasteiger partial charge in [0.15, 0.2) is 9.84 Å². The molecule has 348 valence electrons. The molecule has 2 aliphatic heterocycles. The minimum absolute atomic E-state index is 0.0696. The van der Waals surface area contributed by atoms with E-state index in [-0.39, 0.29) is 48.3 Å². The van der Waals surface area contributed by atoms with E-state index in [0.717, 1.165) is 35.1 Å². The molecule has 2 aliphatic rings. The summed E-state index contributed by atoms with van der Waals surface area (Å²) in [5, 5.41) is 0.335. The van der Waals surface area contributed by atoms with Crippen molar-refractivity contribution < 1.29 is 45.5 Å². The van der Waals surface area contributed by atoms with Gasteiger partial charge in [0.05, 0.1) is 40.9 Å². The van der Waals surface area contributed by atoms with Crippen LogP contribution in [0.4, 0.5) is 5.69 Å². The Bertz CT molecular complexity index is 3040. The zero-order chi connectivity index (χ0) is 48.5. The van der Waals surface area contributed by atoms with Gasteiger partial charge in [-0.1, -0.05) is 96.0 Å². The van der Waals surface area contributed by atoms with Crippen molar-refractivity contribution in [3.05, 3.63) is 171 Å². The van der Waals surface area contributed by atoms with E-state index in [1.54, 1.807) is 40.1 Å². The number of halogens is 3. The number of nitrogens with zero attached hydrogens (tertiary/aromatic N) is 2. The maximum atomic E-state index is 13.4. The topological polar surface area (TPSA) is 188 Å². The molecule has 2 saturated heterocycles. The second-order valence-electron chi connectivity index (χ2n) is 15.2. The number of likely N-dealkylation sites (tertiary alicyclic amines) is 2. The molecule has 2 fully saturated rings. The maximum absolute atomic E-state index is 13.4. The summed E-state index contributed by atoms with van der Waals surface area (Å²) in [4.78, 5) is 51.2. The lowest BCUT2D eigenvalue weighted by molar-refractivity contribution is 0.0592. The monoisotopic (exact) mass is 1000 g/mol. The van der Waals surface area contributed by atoms with E-state index in [0.29, 0.717) is 43.0 Å². The standard InChI is InChI=1S/C25H22ClNO5S.C14H13NO2.C10H9Cl2NO3S/c1-32-25(29)23-9-8-18(17-6-3-2-4-7-17)12-20(23)16-33(30,31)22-14-19(13-21(26)15-22)24(28)27-10-5-11-27;1-17-14(16)12-8-7-11(9-13(12)15)10-5-3-2-4-6-10;11-8-4-7(10(14)13-2-1-3-13)5-9(6-8)17(12,15)16/h2-4,6-9,12-15H,5,10-11,16H2,1H3;2-9H,15H2,1H3;4-6H,1-3H2. The molecule has 6 aromatic rings. The number of anilines is 1. The molecule has 8 rings (SSSR count). The van der Waals surface area contributed by atoms with Crippen LogP contribution in [-0.2, 0) is 34.1 Å². The fourth-order valence-corrected chi connectivity index (χ4v) is 9.72. The smallest absolute Gasteiger partial charge is 0.339 e. The van der Waals surface area contributed by atoms with Crippen LogP contribution in [0.1, 0.15) is 59.8 Å². The predicted octanol–water partition coefficient (Wildman–Crippen LogP) is 9.45. The van der Waals surface area contributed by atoms with Crippen LogP contribution in [0.25, 0.3) is 22.3 Å². The number of hydrogen-bond acceptors (Lipinski definition) is 11. The molecule has 2 N–H and O–H groups in total. The molecule has 0 radical (unpaired) electrons. The molecule has 0 bridgehead atoms. The van der Waals surface area contributed by atoms with E-state index in [4.69, 9.17) is 44.4 Å². The van der Waals surface area contributed by atoms with Gasteiger partial charge >= 0.3 is 11.9 Å². The zero-order valence-corrected chi connectivity index (χ0v) is 40.1. The number of ether oxygens (including phenoxy) is 2. The highest BCUT2D eigenvalue weighted by atomic mass is 35.7. The Morgan fingerprint density at radius 3 is 1.42 bits per heavy atom. The number of nitrogen functional groups attached to an aromatic ring is 1. The molecule has 18 heteroatoms. The van der Waals surface area contributed by atoms with Gasteiger partial charge in [-0.3, -0.25) is 9.59 Å². The Kier molecular flexibility index (Phi) is 16.5. The minimum Gasteiger partial charge on any atom is -0.465 e. The number of carbonyl (C=O) groups is 4. The summed E-state index contributed by atoms with van der Waals surface area (Å²) in [6, 6.07) is 37.6. The van der Waals surface area contributed by atoms with Crippen LogP contribution >= 0.6 is 33.9 Å². The van der Waals surface area contributed by atoms with E-state index in [1.165, 1.54) is 50.6 Å². The Hall–Kier alpha value is -6.23. The third-order valence-electron chi connectivity index (χ3n) is 10.7. The van der Waals surface area contributed by atoms with Crippen LogP contribution in [-0.4, -0.2) is 90.8 Å². The number of sulfone groups is 1. The first-order valence-corrected chi connectivity index (χ1v) is 25.3. The second kappa shape index (κ2) is 22.0. The molecular weight excluding hydrogens is 961 g/mol. The first kappa shape index (κ1) is 50.2. The van der Waals surface area contributed by atoms with Crippen molar-refractivity contribution >= 4 is 82.2 Å². The Balaban J connectivity index is 0.000000183. The van der Waals surface area contributed by atoms with Crippen molar-refractivity contribution in [3.8, 4) is 22.3 Å². The van der Waals surface area contributed by atoms with Crippen LogP contribution in [0.2, 0.25) is 10.0 Å². The Morgan fingerprint density at radius 1 is 0.552 bits per heavy atom. The van der Waals surface area contributed by atoms with E-state index in [2.05, 4.69) is 4.74 Å². The molecule has 6 aromatic carbocycles. The number of esters is 2. The molecule has 2 amide bonds. The van der Waals surface area contributed by atoms with Gasteiger partial charge in [0.2, 0.25) is 0 Å². The lowest BCUT2D eigenvalue weighted by Crippen LogP contribution is -2.42. The number of benzene rings is 6. The normalized spacial score (nSPS) is 13.0. The molecule has 0 aliphatic carbocycles. The summed E-state index contributed by atoms with van der Waals surface area (Å²) in [6.07, 6.45) is 1.89. The number of rotatable bonds is 10. The number of hydrogen-bond donors (Lipinski definition) is 1. The van der Waals surface area contributed by atoms with Crippen molar-refractivity contribution in [1.82, 2.24) is 9.80 Å². The van der Waals surface area contributed by atoms with E-state index >= 15 is 0 Å². The molecular formula is C49H44Cl3N3O10S2. The van der Waals surface area contributed by atoms with Crippen LogP contribution in [0, 0.1) is 0 Å². The zero-order valence-electron chi connectivity index (χ0n) is 36.2. The van der Waals surface area contributed by atoms with Crippen molar-refractivity contribution in [2.45, 2.75) is 28.4 Å². The Labute approximate surface area is 403 Å². The highest BCUT2D eigenvalue weighted by Crippen LogP contribution is 2.30. The van der Waals surface area contributed by atoms with Crippen molar-refractivity contribution in [2.75, 3.05) is 46.1 Å². The molecule has 0 aromatic heterocycles. The molecule has 2 heterocycles. The SMILES string of the molecule is COC(=O)c1ccc(-c2ccccc2)cc1CS(=O)(=O)c1cc(Cl)cc(C(=O)N2CCC2)c1.COC(=O)c1ccc(-c2ccccc2)cc1N.O=C(c1cc(Cl)cc(S(=O)(=O)Cl)c1)N1CCC1. The van der Waals surface area contributed by atoms with Crippen molar-refractivity contribution in [1.29, 1.82) is 0 Å². The summed E-state index contributed by atoms with van der Waals surface area (Å²) in [7, 11) is -0.00127. The molecule has 0 saturated carbocycles. The Morgan fingerprint density at radius 2 is 0.985 bits per heavy atom. The first-order valence-electron chi connectivity index (χ1n) is 20.6. The summed E-state index contributed by atoms with van der Waals surface area (Å²) >= 11 is 11.9. The van der Waals surface area contributed by atoms with Gasteiger partial charge in [0.25, 0.3) is 20.9 Å². The summed E-state index contributed by atoms with van der Waals surface area (Å²) < 4.78 is 58.6. The average molecular weight is 1010 g/mol.